The van der Waals surface area contributed by atoms with Crippen LogP contribution >= 0.6 is 11.6 Å². The van der Waals surface area contributed by atoms with Crippen molar-refractivity contribution >= 4 is 11.6 Å². The Hall–Kier alpha value is -1.52. The number of para-hydroxylation sites is 1. The van der Waals surface area contributed by atoms with Gasteiger partial charge in [0.25, 0.3) is 0 Å². The van der Waals surface area contributed by atoms with Gasteiger partial charge in [-0.2, -0.15) is 5.10 Å². The predicted molar refractivity (Wildman–Crippen MR) is 72.2 cm³/mol. The smallest absolute Gasteiger partial charge is 0.222 e. The van der Waals surface area contributed by atoms with E-state index in [-0.39, 0.29) is 0 Å². The molecule has 1 heterocycles. The van der Waals surface area contributed by atoms with Gasteiger partial charge in [-0.3, -0.25) is 0 Å². The number of rotatable bonds is 4. The van der Waals surface area contributed by atoms with Crippen LogP contribution in [0.15, 0.2) is 24.3 Å². The van der Waals surface area contributed by atoms with Gasteiger partial charge >= 0.3 is 0 Å². The number of nitrogens with zero attached hydrogens (tertiary/aromatic N) is 2. The molecular weight excluding hydrogens is 250 g/mol. The highest BCUT2D eigenvalue weighted by molar-refractivity contribution is 6.32. The SMILES string of the molecule is CNCc1c(C)nn(C)c1Oc1ccccc1Cl. The van der Waals surface area contributed by atoms with Crippen LogP contribution in [-0.2, 0) is 13.6 Å². The third kappa shape index (κ3) is 2.49. The van der Waals surface area contributed by atoms with Crippen LogP contribution in [0, 0.1) is 6.92 Å². The quantitative estimate of drug-likeness (QED) is 0.924. The van der Waals surface area contributed by atoms with E-state index in [1.807, 2.05) is 39.2 Å². The van der Waals surface area contributed by atoms with E-state index in [0.29, 0.717) is 17.3 Å². The average molecular weight is 266 g/mol. The third-order valence-electron chi connectivity index (χ3n) is 2.69. The molecule has 0 fully saturated rings. The fourth-order valence-electron chi connectivity index (χ4n) is 1.82. The Morgan fingerprint density at radius 2 is 2.11 bits per heavy atom. The normalized spacial score (nSPS) is 10.7. The monoisotopic (exact) mass is 265 g/mol. The molecule has 0 radical (unpaired) electrons. The summed E-state index contributed by atoms with van der Waals surface area (Å²) in [4.78, 5) is 0. The molecule has 0 aliphatic heterocycles. The summed E-state index contributed by atoms with van der Waals surface area (Å²) in [6, 6.07) is 7.41. The van der Waals surface area contributed by atoms with Crippen LogP contribution < -0.4 is 10.1 Å². The molecule has 0 aliphatic carbocycles. The molecule has 96 valence electrons. The lowest BCUT2D eigenvalue weighted by atomic mass is 10.2. The molecule has 18 heavy (non-hydrogen) atoms. The molecule has 0 saturated carbocycles. The minimum Gasteiger partial charge on any atom is -0.437 e. The van der Waals surface area contributed by atoms with Crippen molar-refractivity contribution in [2.24, 2.45) is 7.05 Å². The van der Waals surface area contributed by atoms with Crippen LogP contribution in [0.3, 0.4) is 0 Å². The Bertz CT molecular complexity index is 551. The molecule has 0 unspecified atom stereocenters. The maximum Gasteiger partial charge on any atom is 0.222 e. The van der Waals surface area contributed by atoms with E-state index in [1.54, 1.807) is 10.7 Å². The molecule has 0 spiro atoms. The fraction of sp³-hybridized carbons (Fsp3) is 0.308. The topological polar surface area (TPSA) is 39.1 Å². The molecule has 0 bridgehead atoms. The predicted octanol–water partition coefficient (Wildman–Crippen LogP) is 2.89. The lowest BCUT2D eigenvalue weighted by Crippen LogP contribution is -2.07. The molecule has 0 amide bonds. The number of nitrogens with one attached hydrogen (secondary N) is 1. The number of hydrogen-bond acceptors (Lipinski definition) is 3. The molecule has 2 aromatic rings. The van der Waals surface area contributed by atoms with Crippen molar-refractivity contribution in [2.75, 3.05) is 7.05 Å². The zero-order chi connectivity index (χ0) is 13.1. The zero-order valence-electron chi connectivity index (χ0n) is 10.7. The Morgan fingerprint density at radius 3 is 2.78 bits per heavy atom. The molecule has 0 atom stereocenters. The second-order valence-electron chi connectivity index (χ2n) is 4.06. The van der Waals surface area contributed by atoms with Gasteiger partial charge in [-0.1, -0.05) is 23.7 Å². The Labute approximate surface area is 112 Å². The van der Waals surface area contributed by atoms with Crippen LogP contribution in [0.25, 0.3) is 0 Å². The molecule has 0 aliphatic rings. The minimum absolute atomic E-state index is 0.590. The van der Waals surface area contributed by atoms with Gasteiger partial charge in [0, 0.05) is 13.6 Å². The summed E-state index contributed by atoms with van der Waals surface area (Å²) in [5, 5.41) is 8.07. The first-order chi connectivity index (χ1) is 8.63. The number of benzene rings is 1. The van der Waals surface area contributed by atoms with Crippen molar-refractivity contribution in [3.63, 3.8) is 0 Å². The van der Waals surface area contributed by atoms with Gasteiger partial charge in [-0.05, 0) is 26.1 Å². The first kappa shape index (κ1) is 12.9. The van der Waals surface area contributed by atoms with Crippen LogP contribution in [0.4, 0.5) is 0 Å². The number of ether oxygens (including phenoxy) is 1. The summed E-state index contributed by atoms with van der Waals surface area (Å²) in [5.41, 5.74) is 1.99. The summed E-state index contributed by atoms with van der Waals surface area (Å²) in [6.07, 6.45) is 0. The maximum atomic E-state index is 6.09. The van der Waals surface area contributed by atoms with Crippen molar-refractivity contribution < 1.29 is 4.74 Å². The highest BCUT2D eigenvalue weighted by Gasteiger charge is 2.15. The summed E-state index contributed by atoms with van der Waals surface area (Å²) in [6.45, 7) is 2.67. The molecule has 1 aromatic heterocycles. The van der Waals surface area contributed by atoms with Gasteiger partial charge in [-0.25, -0.2) is 4.68 Å². The fourth-order valence-corrected chi connectivity index (χ4v) is 1.99. The van der Waals surface area contributed by atoms with E-state index in [4.69, 9.17) is 16.3 Å². The third-order valence-corrected chi connectivity index (χ3v) is 3.00. The summed E-state index contributed by atoms with van der Waals surface area (Å²) in [5.74, 6) is 1.36. The lowest BCUT2D eigenvalue weighted by molar-refractivity contribution is 0.425. The highest BCUT2D eigenvalue weighted by atomic mass is 35.5. The minimum atomic E-state index is 0.590. The number of hydrogen-bond donors (Lipinski definition) is 1. The lowest BCUT2D eigenvalue weighted by Gasteiger charge is -2.09. The second-order valence-corrected chi connectivity index (χ2v) is 4.46. The van der Waals surface area contributed by atoms with E-state index < -0.39 is 0 Å². The molecule has 0 saturated heterocycles. The molecule has 1 N–H and O–H groups in total. The highest BCUT2D eigenvalue weighted by Crippen LogP contribution is 2.31. The second kappa shape index (κ2) is 5.42. The van der Waals surface area contributed by atoms with Crippen LogP contribution in [0.2, 0.25) is 5.02 Å². The van der Waals surface area contributed by atoms with Gasteiger partial charge in [0.1, 0.15) is 5.75 Å². The van der Waals surface area contributed by atoms with E-state index in [1.165, 1.54) is 0 Å². The van der Waals surface area contributed by atoms with E-state index in [9.17, 15) is 0 Å². The largest absolute Gasteiger partial charge is 0.437 e. The first-order valence-electron chi connectivity index (χ1n) is 5.73. The van der Waals surface area contributed by atoms with Gasteiger partial charge in [0.05, 0.1) is 16.3 Å². The Morgan fingerprint density at radius 1 is 1.39 bits per heavy atom. The maximum absolute atomic E-state index is 6.09. The van der Waals surface area contributed by atoms with Gasteiger partial charge in [0.15, 0.2) is 0 Å². The molecule has 4 nitrogen and oxygen atoms in total. The molecule has 5 heteroatoms. The van der Waals surface area contributed by atoms with Gasteiger partial charge in [-0.15, -0.1) is 0 Å². The van der Waals surface area contributed by atoms with Gasteiger partial charge in [0.2, 0.25) is 5.88 Å². The van der Waals surface area contributed by atoms with Crippen LogP contribution in [0.5, 0.6) is 11.6 Å². The number of aryl methyl sites for hydroxylation is 2. The number of halogens is 1. The van der Waals surface area contributed by atoms with Crippen LogP contribution in [0.1, 0.15) is 11.3 Å². The van der Waals surface area contributed by atoms with Crippen molar-refractivity contribution in [2.45, 2.75) is 13.5 Å². The number of aromatic nitrogens is 2. The van der Waals surface area contributed by atoms with Crippen molar-refractivity contribution in [3.8, 4) is 11.6 Å². The van der Waals surface area contributed by atoms with Crippen molar-refractivity contribution in [1.29, 1.82) is 0 Å². The zero-order valence-corrected chi connectivity index (χ0v) is 11.5. The van der Waals surface area contributed by atoms with E-state index in [0.717, 1.165) is 17.1 Å². The Kier molecular flexibility index (Phi) is 3.89. The molecular formula is C13H16ClN3O. The van der Waals surface area contributed by atoms with Crippen molar-refractivity contribution in [1.82, 2.24) is 15.1 Å². The summed E-state index contributed by atoms with van der Waals surface area (Å²) >= 11 is 6.09. The van der Waals surface area contributed by atoms with Crippen molar-refractivity contribution in [3.05, 3.63) is 40.5 Å². The van der Waals surface area contributed by atoms with E-state index >= 15 is 0 Å². The van der Waals surface area contributed by atoms with Crippen LogP contribution in [-0.4, -0.2) is 16.8 Å². The summed E-state index contributed by atoms with van der Waals surface area (Å²) in [7, 11) is 3.75. The molecule has 1 aromatic carbocycles. The van der Waals surface area contributed by atoms with E-state index in [2.05, 4.69) is 10.4 Å². The standard InChI is InChI=1S/C13H16ClN3O/c1-9-10(8-15-2)13(17(3)16-9)18-12-7-5-4-6-11(12)14/h4-7,15H,8H2,1-3H3. The first-order valence-corrected chi connectivity index (χ1v) is 6.10. The van der Waals surface area contributed by atoms with Gasteiger partial charge < -0.3 is 10.1 Å². The average Bonchev–Trinajstić information content (AvgIpc) is 2.59. The molecule has 2 rings (SSSR count). The summed E-state index contributed by atoms with van der Waals surface area (Å²) < 4.78 is 7.60. The Balaban J connectivity index is 2.37.